The Hall–Kier alpha value is -2.92. The van der Waals surface area contributed by atoms with E-state index in [4.69, 9.17) is 11.6 Å². The average Bonchev–Trinajstić information content (AvgIpc) is 2.90. The number of benzene rings is 2. The predicted octanol–water partition coefficient (Wildman–Crippen LogP) is 4.65. The van der Waals surface area contributed by atoms with Gasteiger partial charge in [-0.15, -0.1) is 0 Å². The first-order chi connectivity index (χ1) is 12.5. The van der Waals surface area contributed by atoms with Gasteiger partial charge in [0.25, 0.3) is 5.91 Å². The molecular weight excluding hydrogens is 353 g/mol. The minimum Gasteiger partial charge on any atom is -0.315 e. The van der Waals surface area contributed by atoms with Crippen molar-refractivity contribution in [3.63, 3.8) is 0 Å². The van der Waals surface area contributed by atoms with Crippen molar-refractivity contribution in [3.8, 4) is 5.69 Å². The van der Waals surface area contributed by atoms with E-state index in [1.165, 1.54) is 12.3 Å². The Bertz CT molecular complexity index is 994. The maximum absolute atomic E-state index is 14.1. The van der Waals surface area contributed by atoms with Crippen molar-refractivity contribution in [2.45, 2.75) is 13.8 Å². The molecule has 0 unspecified atom stereocenters. The van der Waals surface area contributed by atoms with Gasteiger partial charge in [-0.2, -0.15) is 5.10 Å². The average molecular weight is 370 g/mol. The molecule has 0 radical (unpaired) electrons. The van der Waals surface area contributed by atoms with Crippen LogP contribution in [0.15, 0.2) is 59.7 Å². The molecule has 26 heavy (non-hydrogen) atoms. The molecule has 3 rings (SSSR count). The maximum atomic E-state index is 14.1. The van der Waals surface area contributed by atoms with Gasteiger partial charge in [0.05, 0.1) is 22.5 Å². The van der Waals surface area contributed by atoms with Crippen LogP contribution in [0.4, 0.5) is 4.39 Å². The van der Waals surface area contributed by atoms with Crippen molar-refractivity contribution in [1.82, 2.24) is 9.99 Å². The smallest absolute Gasteiger partial charge is 0.272 e. The van der Waals surface area contributed by atoms with E-state index in [2.05, 4.69) is 10.5 Å². The van der Waals surface area contributed by atoms with Gasteiger partial charge in [0, 0.05) is 17.0 Å². The third-order valence-corrected chi connectivity index (χ3v) is 4.38. The van der Waals surface area contributed by atoms with Crippen LogP contribution in [-0.4, -0.2) is 16.7 Å². The van der Waals surface area contributed by atoms with Crippen molar-refractivity contribution in [2.24, 2.45) is 5.10 Å². The molecule has 0 atom stereocenters. The molecule has 1 aromatic heterocycles. The molecule has 2 aromatic carbocycles. The van der Waals surface area contributed by atoms with E-state index in [0.29, 0.717) is 16.3 Å². The van der Waals surface area contributed by atoms with Crippen LogP contribution in [0.2, 0.25) is 5.02 Å². The summed E-state index contributed by atoms with van der Waals surface area (Å²) in [5.74, 6) is -0.695. The normalized spacial score (nSPS) is 11.1. The molecule has 0 aliphatic carbocycles. The number of hydrogen-bond acceptors (Lipinski definition) is 2. The van der Waals surface area contributed by atoms with Crippen LogP contribution in [0.5, 0.6) is 0 Å². The van der Waals surface area contributed by atoms with Crippen LogP contribution in [0.1, 0.15) is 27.3 Å². The first-order valence-corrected chi connectivity index (χ1v) is 8.38. The Labute approximate surface area is 155 Å². The molecule has 1 amide bonds. The second-order valence-corrected chi connectivity index (χ2v) is 6.20. The standard InChI is InChI=1S/C20H17ClFN3O/c1-13-11-15(14(2)25(13)19-10-6-5-9-18(19)22)12-23-24-20(26)16-7-3-4-8-17(16)21/h3-12H,1-2H3,(H,24,26)/b23-12-. The Morgan fingerprint density at radius 2 is 1.85 bits per heavy atom. The van der Waals surface area contributed by atoms with Gasteiger partial charge in [0.2, 0.25) is 0 Å². The number of nitrogens with one attached hydrogen (secondary N) is 1. The number of carbonyl (C=O) groups is 1. The van der Waals surface area contributed by atoms with Gasteiger partial charge in [0.15, 0.2) is 0 Å². The van der Waals surface area contributed by atoms with E-state index in [0.717, 1.165) is 17.0 Å². The lowest BCUT2D eigenvalue weighted by Crippen LogP contribution is -2.18. The highest BCUT2D eigenvalue weighted by molar-refractivity contribution is 6.33. The zero-order chi connectivity index (χ0) is 18.7. The summed E-state index contributed by atoms with van der Waals surface area (Å²) in [5, 5.41) is 4.36. The van der Waals surface area contributed by atoms with Crippen LogP contribution in [0, 0.1) is 19.7 Å². The van der Waals surface area contributed by atoms with Gasteiger partial charge in [-0.3, -0.25) is 4.79 Å². The van der Waals surface area contributed by atoms with E-state index < -0.39 is 5.91 Å². The SMILES string of the molecule is Cc1cc(/C=N\NC(=O)c2ccccc2Cl)c(C)n1-c1ccccc1F. The van der Waals surface area contributed by atoms with Crippen LogP contribution >= 0.6 is 11.6 Å². The third-order valence-electron chi connectivity index (χ3n) is 4.05. The summed E-state index contributed by atoms with van der Waals surface area (Å²) in [6.45, 7) is 3.76. The molecule has 4 nitrogen and oxygen atoms in total. The van der Waals surface area contributed by atoms with Crippen molar-refractivity contribution in [1.29, 1.82) is 0 Å². The fraction of sp³-hybridized carbons (Fsp3) is 0.100. The predicted molar refractivity (Wildman–Crippen MR) is 102 cm³/mol. The number of amides is 1. The number of hydrazone groups is 1. The summed E-state index contributed by atoms with van der Waals surface area (Å²) in [6.07, 6.45) is 1.54. The maximum Gasteiger partial charge on any atom is 0.272 e. The highest BCUT2D eigenvalue weighted by Gasteiger charge is 2.13. The minimum absolute atomic E-state index is 0.301. The molecule has 0 fully saturated rings. The van der Waals surface area contributed by atoms with Gasteiger partial charge >= 0.3 is 0 Å². The number of hydrogen-bond donors (Lipinski definition) is 1. The summed E-state index contributed by atoms with van der Waals surface area (Å²) in [5.41, 5.74) is 5.75. The van der Waals surface area contributed by atoms with Crippen molar-refractivity contribution >= 4 is 23.7 Å². The van der Waals surface area contributed by atoms with Gasteiger partial charge in [-0.1, -0.05) is 35.9 Å². The van der Waals surface area contributed by atoms with E-state index in [9.17, 15) is 9.18 Å². The highest BCUT2D eigenvalue weighted by atomic mass is 35.5. The molecule has 0 aliphatic rings. The van der Waals surface area contributed by atoms with Crippen LogP contribution in [0.25, 0.3) is 5.69 Å². The van der Waals surface area contributed by atoms with E-state index in [1.54, 1.807) is 42.5 Å². The van der Waals surface area contributed by atoms with Crippen molar-refractivity contribution in [2.75, 3.05) is 0 Å². The molecule has 0 saturated heterocycles. The van der Waals surface area contributed by atoms with Crippen molar-refractivity contribution in [3.05, 3.63) is 88.0 Å². The molecule has 0 spiro atoms. The van der Waals surface area contributed by atoms with Gasteiger partial charge in [0.1, 0.15) is 5.82 Å². The number of rotatable bonds is 4. The number of halogens is 2. The molecule has 3 aromatic rings. The van der Waals surface area contributed by atoms with Gasteiger partial charge < -0.3 is 4.57 Å². The zero-order valence-corrected chi connectivity index (χ0v) is 15.1. The summed E-state index contributed by atoms with van der Waals surface area (Å²) in [6, 6.07) is 15.2. The van der Waals surface area contributed by atoms with Gasteiger partial charge in [-0.05, 0) is 44.2 Å². The van der Waals surface area contributed by atoms with Crippen molar-refractivity contribution < 1.29 is 9.18 Å². The molecular formula is C20H17ClFN3O. The lowest BCUT2D eigenvalue weighted by molar-refractivity contribution is 0.0955. The second-order valence-electron chi connectivity index (χ2n) is 5.79. The Kier molecular flexibility index (Phi) is 5.19. The first kappa shape index (κ1) is 17.9. The topological polar surface area (TPSA) is 46.4 Å². The largest absolute Gasteiger partial charge is 0.315 e. The lowest BCUT2D eigenvalue weighted by atomic mass is 10.2. The Morgan fingerprint density at radius 1 is 1.15 bits per heavy atom. The Balaban J connectivity index is 1.82. The molecule has 1 heterocycles. The summed E-state index contributed by atoms with van der Waals surface area (Å²) >= 11 is 6.00. The van der Waals surface area contributed by atoms with E-state index in [-0.39, 0.29) is 5.82 Å². The number of aryl methyl sites for hydroxylation is 1. The van der Waals surface area contributed by atoms with Gasteiger partial charge in [-0.25, -0.2) is 9.82 Å². The zero-order valence-electron chi connectivity index (χ0n) is 14.3. The summed E-state index contributed by atoms with van der Waals surface area (Å²) in [7, 11) is 0. The molecule has 132 valence electrons. The molecule has 0 aliphatic heterocycles. The minimum atomic E-state index is -0.394. The number of nitrogens with zero attached hydrogens (tertiary/aromatic N) is 2. The lowest BCUT2D eigenvalue weighted by Gasteiger charge is -2.10. The first-order valence-electron chi connectivity index (χ1n) is 8.01. The second kappa shape index (κ2) is 7.54. The monoisotopic (exact) mass is 369 g/mol. The Morgan fingerprint density at radius 3 is 2.58 bits per heavy atom. The highest BCUT2D eigenvalue weighted by Crippen LogP contribution is 2.22. The molecule has 0 saturated carbocycles. The number of aromatic nitrogens is 1. The molecule has 0 bridgehead atoms. The van der Waals surface area contributed by atoms with Crippen LogP contribution < -0.4 is 5.43 Å². The van der Waals surface area contributed by atoms with E-state index in [1.807, 2.05) is 24.5 Å². The molecule has 6 heteroatoms. The van der Waals surface area contributed by atoms with Crippen LogP contribution in [0.3, 0.4) is 0 Å². The molecule has 1 N–H and O–H groups in total. The fourth-order valence-electron chi connectivity index (χ4n) is 2.79. The van der Waals surface area contributed by atoms with Crippen LogP contribution in [-0.2, 0) is 0 Å². The number of para-hydroxylation sites is 1. The summed E-state index contributed by atoms with van der Waals surface area (Å²) < 4.78 is 15.9. The quantitative estimate of drug-likeness (QED) is 0.528. The van der Waals surface area contributed by atoms with E-state index >= 15 is 0 Å². The number of carbonyl (C=O) groups excluding carboxylic acids is 1. The third kappa shape index (κ3) is 3.53. The summed E-state index contributed by atoms with van der Waals surface area (Å²) in [4.78, 5) is 12.1. The fourth-order valence-corrected chi connectivity index (χ4v) is 3.01.